The first-order valence-corrected chi connectivity index (χ1v) is 9.34. The van der Waals surface area contributed by atoms with Crippen LogP contribution in [0.5, 0.6) is 0 Å². The lowest BCUT2D eigenvalue weighted by Crippen LogP contribution is -1.93. The summed E-state index contributed by atoms with van der Waals surface area (Å²) in [7, 11) is 0. The van der Waals surface area contributed by atoms with Crippen LogP contribution in [0.2, 0.25) is 0 Å². The Labute approximate surface area is 166 Å². The molecule has 132 valence electrons. The summed E-state index contributed by atoms with van der Waals surface area (Å²) >= 11 is 3.43. The SMILES string of the molecule is Brc1ccc(N/N=C/c2cn(-c3ccccc3)nc2-c2ccccc2)cc1. The van der Waals surface area contributed by atoms with Gasteiger partial charge in [0.15, 0.2) is 0 Å². The fourth-order valence-electron chi connectivity index (χ4n) is 2.72. The number of anilines is 1. The van der Waals surface area contributed by atoms with Crippen LogP contribution in [0, 0.1) is 0 Å². The minimum atomic E-state index is 0.890. The number of aromatic nitrogens is 2. The van der Waals surface area contributed by atoms with Crippen LogP contribution in [0.25, 0.3) is 16.9 Å². The summed E-state index contributed by atoms with van der Waals surface area (Å²) in [5.41, 5.74) is 7.87. The van der Waals surface area contributed by atoms with Crippen molar-refractivity contribution in [1.82, 2.24) is 9.78 Å². The molecule has 1 N–H and O–H groups in total. The number of rotatable bonds is 5. The molecule has 0 aliphatic carbocycles. The number of nitrogens with zero attached hydrogens (tertiary/aromatic N) is 3. The molecule has 1 heterocycles. The number of para-hydroxylation sites is 1. The Kier molecular flexibility index (Phi) is 5.12. The average Bonchev–Trinajstić information content (AvgIpc) is 3.15. The molecule has 0 saturated carbocycles. The van der Waals surface area contributed by atoms with Gasteiger partial charge in [0.05, 0.1) is 17.6 Å². The third-order valence-electron chi connectivity index (χ3n) is 4.05. The summed E-state index contributed by atoms with van der Waals surface area (Å²) in [6, 6.07) is 28.1. The predicted octanol–water partition coefficient (Wildman–Crippen LogP) is 5.75. The third-order valence-corrected chi connectivity index (χ3v) is 4.58. The molecule has 0 radical (unpaired) electrons. The van der Waals surface area contributed by atoms with Crippen molar-refractivity contribution < 1.29 is 0 Å². The van der Waals surface area contributed by atoms with Gasteiger partial charge in [-0.3, -0.25) is 5.43 Å². The molecule has 3 aromatic carbocycles. The van der Waals surface area contributed by atoms with E-state index in [1.165, 1.54) is 0 Å². The zero-order valence-corrected chi connectivity index (χ0v) is 16.0. The highest BCUT2D eigenvalue weighted by Gasteiger charge is 2.10. The van der Waals surface area contributed by atoms with Crippen molar-refractivity contribution in [3.63, 3.8) is 0 Å². The average molecular weight is 417 g/mol. The second kappa shape index (κ2) is 8.01. The van der Waals surface area contributed by atoms with Gasteiger partial charge in [0.1, 0.15) is 5.69 Å². The normalized spacial score (nSPS) is 11.0. The third kappa shape index (κ3) is 4.15. The quantitative estimate of drug-likeness (QED) is 0.332. The largest absolute Gasteiger partial charge is 0.279 e. The van der Waals surface area contributed by atoms with Crippen LogP contribution in [0.3, 0.4) is 0 Å². The van der Waals surface area contributed by atoms with Gasteiger partial charge in [0, 0.05) is 21.8 Å². The maximum atomic E-state index is 4.78. The molecule has 4 nitrogen and oxygen atoms in total. The Hall–Kier alpha value is -3.18. The molecule has 0 spiro atoms. The van der Waals surface area contributed by atoms with Gasteiger partial charge >= 0.3 is 0 Å². The molecule has 0 saturated heterocycles. The molecule has 4 rings (SSSR count). The van der Waals surface area contributed by atoms with Crippen molar-refractivity contribution in [3.05, 3.63) is 101 Å². The minimum absolute atomic E-state index is 0.890. The Bertz CT molecular complexity index is 1040. The summed E-state index contributed by atoms with van der Waals surface area (Å²) in [4.78, 5) is 0. The number of hydrazone groups is 1. The Morgan fingerprint density at radius 2 is 1.52 bits per heavy atom. The van der Waals surface area contributed by atoms with Gasteiger partial charge in [0.2, 0.25) is 0 Å². The first-order valence-electron chi connectivity index (χ1n) is 8.55. The maximum absolute atomic E-state index is 4.78. The van der Waals surface area contributed by atoms with Crippen LogP contribution in [0.4, 0.5) is 5.69 Å². The molecular formula is C22H17BrN4. The molecule has 0 aliphatic rings. The minimum Gasteiger partial charge on any atom is -0.279 e. The standard InChI is InChI=1S/C22H17BrN4/c23-19-11-13-20(14-12-19)25-24-15-18-16-27(21-9-5-2-6-10-21)26-22(18)17-7-3-1-4-8-17/h1-16,25H/b24-15+. The summed E-state index contributed by atoms with van der Waals surface area (Å²) < 4.78 is 2.91. The van der Waals surface area contributed by atoms with E-state index in [0.29, 0.717) is 0 Å². The van der Waals surface area contributed by atoms with Crippen LogP contribution in [0.15, 0.2) is 101 Å². The molecule has 0 bridgehead atoms. The molecule has 27 heavy (non-hydrogen) atoms. The molecule has 4 aromatic rings. The number of hydrogen-bond acceptors (Lipinski definition) is 3. The second-order valence-electron chi connectivity index (χ2n) is 5.96. The lowest BCUT2D eigenvalue weighted by molar-refractivity contribution is 0.884. The fraction of sp³-hybridized carbons (Fsp3) is 0. The van der Waals surface area contributed by atoms with Gasteiger partial charge in [0.25, 0.3) is 0 Å². The molecule has 0 atom stereocenters. The highest BCUT2D eigenvalue weighted by molar-refractivity contribution is 9.10. The summed E-state index contributed by atoms with van der Waals surface area (Å²) in [6.45, 7) is 0. The van der Waals surface area contributed by atoms with Crippen molar-refractivity contribution in [3.8, 4) is 16.9 Å². The lowest BCUT2D eigenvalue weighted by atomic mass is 10.1. The van der Waals surface area contributed by atoms with E-state index >= 15 is 0 Å². The van der Waals surface area contributed by atoms with Gasteiger partial charge in [-0.2, -0.15) is 10.2 Å². The van der Waals surface area contributed by atoms with Crippen molar-refractivity contribution >= 4 is 27.8 Å². The number of nitrogens with one attached hydrogen (secondary N) is 1. The number of halogens is 1. The Morgan fingerprint density at radius 1 is 0.852 bits per heavy atom. The van der Waals surface area contributed by atoms with Crippen LogP contribution >= 0.6 is 15.9 Å². The summed E-state index contributed by atoms with van der Waals surface area (Å²) in [6.07, 6.45) is 3.79. The zero-order chi connectivity index (χ0) is 18.5. The smallest absolute Gasteiger partial charge is 0.102 e. The highest BCUT2D eigenvalue weighted by atomic mass is 79.9. The number of benzene rings is 3. The Balaban J connectivity index is 1.66. The van der Waals surface area contributed by atoms with Gasteiger partial charge in [-0.05, 0) is 36.4 Å². The van der Waals surface area contributed by atoms with E-state index in [1.54, 1.807) is 6.21 Å². The first kappa shape index (κ1) is 17.2. The van der Waals surface area contributed by atoms with E-state index in [2.05, 4.69) is 38.6 Å². The monoisotopic (exact) mass is 416 g/mol. The van der Waals surface area contributed by atoms with E-state index < -0.39 is 0 Å². The van der Waals surface area contributed by atoms with E-state index in [9.17, 15) is 0 Å². The molecule has 0 unspecified atom stereocenters. The number of hydrogen-bond donors (Lipinski definition) is 1. The van der Waals surface area contributed by atoms with E-state index in [4.69, 9.17) is 5.10 Å². The van der Waals surface area contributed by atoms with E-state index in [1.807, 2.05) is 83.7 Å². The summed E-state index contributed by atoms with van der Waals surface area (Å²) in [5.74, 6) is 0. The summed E-state index contributed by atoms with van der Waals surface area (Å²) in [5, 5.41) is 9.17. The van der Waals surface area contributed by atoms with Gasteiger partial charge in [-0.15, -0.1) is 0 Å². The predicted molar refractivity (Wildman–Crippen MR) is 114 cm³/mol. The second-order valence-corrected chi connectivity index (χ2v) is 6.87. The highest BCUT2D eigenvalue weighted by Crippen LogP contribution is 2.22. The fourth-order valence-corrected chi connectivity index (χ4v) is 2.98. The molecule has 0 fully saturated rings. The van der Waals surface area contributed by atoms with Crippen LogP contribution in [0.1, 0.15) is 5.56 Å². The van der Waals surface area contributed by atoms with E-state index in [0.717, 1.165) is 32.7 Å². The molecule has 0 aliphatic heterocycles. The lowest BCUT2D eigenvalue weighted by Gasteiger charge is -2.00. The van der Waals surface area contributed by atoms with Crippen molar-refractivity contribution in [1.29, 1.82) is 0 Å². The van der Waals surface area contributed by atoms with Crippen LogP contribution in [-0.4, -0.2) is 16.0 Å². The van der Waals surface area contributed by atoms with Crippen LogP contribution < -0.4 is 5.43 Å². The molecule has 5 heteroatoms. The first-order chi connectivity index (χ1) is 13.3. The zero-order valence-electron chi connectivity index (χ0n) is 14.5. The van der Waals surface area contributed by atoms with E-state index in [-0.39, 0.29) is 0 Å². The topological polar surface area (TPSA) is 42.2 Å². The van der Waals surface area contributed by atoms with Crippen molar-refractivity contribution in [2.24, 2.45) is 5.10 Å². The molecular weight excluding hydrogens is 400 g/mol. The molecule has 0 amide bonds. The maximum Gasteiger partial charge on any atom is 0.102 e. The van der Waals surface area contributed by atoms with Gasteiger partial charge in [-0.1, -0.05) is 64.5 Å². The van der Waals surface area contributed by atoms with Gasteiger partial charge in [-0.25, -0.2) is 4.68 Å². The van der Waals surface area contributed by atoms with Crippen LogP contribution in [-0.2, 0) is 0 Å². The Morgan fingerprint density at radius 3 is 2.22 bits per heavy atom. The van der Waals surface area contributed by atoms with Gasteiger partial charge < -0.3 is 0 Å². The molecule has 1 aromatic heterocycles. The van der Waals surface area contributed by atoms with Crippen molar-refractivity contribution in [2.75, 3.05) is 5.43 Å². The van der Waals surface area contributed by atoms with Crippen molar-refractivity contribution in [2.45, 2.75) is 0 Å².